The molecular weight excluding hydrogens is 258 g/mol. The first-order valence-corrected chi connectivity index (χ1v) is 8.15. The van der Waals surface area contributed by atoms with Crippen molar-refractivity contribution in [3.8, 4) is 5.75 Å². The van der Waals surface area contributed by atoms with Crippen LogP contribution in [0.3, 0.4) is 0 Å². The van der Waals surface area contributed by atoms with Crippen molar-refractivity contribution in [2.75, 3.05) is 13.1 Å². The highest BCUT2D eigenvalue weighted by Gasteiger charge is 2.26. The van der Waals surface area contributed by atoms with Crippen LogP contribution < -0.4 is 5.32 Å². The Morgan fingerprint density at radius 3 is 1.76 bits per heavy atom. The van der Waals surface area contributed by atoms with Gasteiger partial charge in [0, 0.05) is 0 Å². The summed E-state index contributed by atoms with van der Waals surface area (Å²) < 4.78 is 0. The van der Waals surface area contributed by atoms with Gasteiger partial charge in [-0.15, -0.1) is 0 Å². The van der Waals surface area contributed by atoms with Gasteiger partial charge in [-0.25, -0.2) is 0 Å². The van der Waals surface area contributed by atoms with E-state index in [4.69, 9.17) is 0 Å². The number of aromatic hydroxyl groups is 1. The molecule has 120 valence electrons. The summed E-state index contributed by atoms with van der Waals surface area (Å²) in [4.78, 5) is 0. The molecular formula is C19H33NO. The van der Waals surface area contributed by atoms with E-state index in [1.54, 1.807) is 0 Å². The molecule has 0 saturated heterocycles. The van der Waals surface area contributed by atoms with Crippen LogP contribution in [0.2, 0.25) is 0 Å². The van der Waals surface area contributed by atoms with Gasteiger partial charge >= 0.3 is 0 Å². The first-order chi connectivity index (χ1) is 9.57. The lowest BCUT2D eigenvalue weighted by Crippen LogP contribution is -2.20. The summed E-state index contributed by atoms with van der Waals surface area (Å²) in [6.07, 6.45) is 2.17. The smallest absolute Gasteiger partial charge is 0.123 e. The minimum atomic E-state index is -0.0447. The SMILES string of the molecule is CCCNCCc1cc(C(C)(C)C)c(O)c(C(C)(C)C)c1. The molecule has 2 heteroatoms. The molecule has 0 aliphatic carbocycles. The first-order valence-electron chi connectivity index (χ1n) is 8.15. The average molecular weight is 291 g/mol. The number of nitrogens with one attached hydrogen (secondary N) is 1. The van der Waals surface area contributed by atoms with Crippen molar-refractivity contribution < 1.29 is 5.11 Å². The lowest BCUT2D eigenvalue weighted by atomic mass is 9.78. The van der Waals surface area contributed by atoms with Crippen LogP contribution in [0.4, 0.5) is 0 Å². The van der Waals surface area contributed by atoms with E-state index in [-0.39, 0.29) is 10.8 Å². The van der Waals surface area contributed by atoms with E-state index in [0.717, 1.165) is 37.1 Å². The van der Waals surface area contributed by atoms with Crippen LogP contribution in [0.25, 0.3) is 0 Å². The van der Waals surface area contributed by atoms with Crippen molar-refractivity contribution in [2.24, 2.45) is 0 Å². The summed E-state index contributed by atoms with van der Waals surface area (Å²) in [7, 11) is 0. The fourth-order valence-electron chi connectivity index (χ4n) is 2.52. The molecule has 0 saturated carbocycles. The third-order valence-corrected chi connectivity index (χ3v) is 3.80. The van der Waals surface area contributed by atoms with E-state index in [2.05, 4.69) is 65.9 Å². The minimum absolute atomic E-state index is 0.0447. The van der Waals surface area contributed by atoms with Crippen LogP contribution in [0.1, 0.15) is 71.6 Å². The van der Waals surface area contributed by atoms with Gasteiger partial charge in [0.1, 0.15) is 5.75 Å². The number of hydrogen-bond donors (Lipinski definition) is 2. The predicted octanol–water partition coefficient (Wildman–Crippen LogP) is 4.53. The second-order valence-corrected chi connectivity index (χ2v) is 8.04. The first kappa shape index (κ1) is 18.0. The molecule has 0 aliphatic rings. The molecule has 0 atom stereocenters. The van der Waals surface area contributed by atoms with Crippen LogP contribution in [0.15, 0.2) is 12.1 Å². The Hall–Kier alpha value is -1.02. The highest BCUT2D eigenvalue weighted by molar-refractivity contribution is 5.49. The van der Waals surface area contributed by atoms with Gasteiger partial charge in [0.2, 0.25) is 0 Å². The van der Waals surface area contributed by atoms with Crippen LogP contribution >= 0.6 is 0 Å². The van der Waals surface area contributed by atoms with E-state index < -0.39 is 0 Å². The maximum absolute atomic E-state index is 10.7. The molecule has 0 spiro atoms. The van der Waals surface area contributed by atoms with Crippen molar-refractivity contribution in [1.82, 2.24) is 5.32 Å². The van der Waals surface area contributed by atoms with E-state index in [1.165, 1.54) is 5.56 Å². The molecule has 0 fully saturated rings. The molecule has 0 aromatic heterocycles. The van der Waals surface area contributed by atoms with Crippen molar-refractivity contribution in [3.63, 3.8) is 0 Å². The van der Waals surface area contributed by atoms with Gasteiger partial charge in [-0.2, -0.15) is 0 Å². The number of rotatable bonds is 5. The normalized spacial score (nSPS) is 12.7. The Bertz CT molecular complexity index is 428. The Kier molecular flexibility index (Phi) is 5.86. The summed E-state index contributed by atoms with van der Waals surface area (Å²) in [6.45, 7) is 17.2. The zero-order valence-corrected chi connectivity index (χ0v) is 14.9. The fourth-order valence-corrected chi connectivity index (χ4v) is 2.52. The molecule has 0 bridgehead atoms. The molecule has 1 rings (SSSR count). The van der Waals surface area contributed by atoms with E-state index in [9.17, 15) is 5.11 Å². The Morgan fingerprint density at radius 1 is 0.905 bits per heavy atom. The van der Waals surface area contributed by atoms with E-state index in [1.807, 2.05) is 0 Å². The molecule has 0 aliphatic heterocycles. The minimum Gasteiger partial charge on any atom is -0.507 e. The van der Waals surface area contributed by atoms with Gasteiger partial charge in [-0.3, -0.25) is 0 Å². The van der Waals surface area contributed by atoms with Crippen LogP contribution in [0.5, 0.6) is 5.75 Å². The molecule has 2 nitrogen and oxygen atoms in total. The molecule has 1 aromatic carbocycles. The summed E-state index contributed by atoms with van der Waals surface area (Å²) >= 11 is 0. The van der Waals surface area contributed by atoms with Crippen LogP contribution in [0, 0.1) is 0 Å². The second kappa shape index (κ2) is 6.83. The van der Waals surface area contributed by atoms with Gasteiger partial charge < -0.3 is 10.4 Å². The maximum atomic E-state index is 10.7. The standard InChI is InChI=1S/C19H33NO/c1-8-10-20-11-9-14-12-15(18(2,3)4)17(21)16(13-14)19(5,6)7/h12-13,20-21H,8-11H2,1-7H3. The zero-order valence-electron chi connectivity index (χ0n) is 14.9. The molecule has 0 amide bonds. The molecule has 1 aromatic rings. The van der Waals surface area contributed by atoms with Gasteiger partial charge in [0.15, 0.2) is 0 Å². The third-order valence-electron chi connectivity index (χ3n) is 3.80. The Morgan fingerprint density at radius 2 is 1.38 bits per heavy atom. The highest BCUT2D eigenvalue weighted by Crippen LogP contribution is 2.39. The molecule has 21 heavy (non-hydrogen) atoms. The quantitative estimate of drug-likeness (QED) is 0.781. The lowest BCUT2D eigenvalue weighted by Gasteiger charge is -2.28. The average Bonchev–Trinajstić information content (AvgIpc) is 2.33. The van der Waals surface area contributed by atoms with Gasteiger partial charge in [-0.1, -0.05) is 60.6 Å². The fraction of sp³-hybridized carbons (Fsp3) is 0.684. The van der Waals surface area contributed by atoms with Crippen LogP contribution in [-0.2, 0) is 17.3 Å². The number of phenolic OH excluding ortho intramolecular Hbond substituents is 1. The van der Waals surface area contributed by atoms with Gasteiger partial charge in [0.25, 0.3) is 0 Å². The Labute approximate surface area is 131 Å². The van der Waals surface area contributed by atoms with Crippen molar-refractivity contribution in [2.45, 2.75) is 72.1 Å². The van der Waals surface area contributed by atoms with Gasteiger partial charge in [0.05, 0.1) is 0 Å². The number of hydrogen-bond acceptors (Lipinski definition) is 2. The summed E-state index contributed by atoms with van der Waals surface area (Å²) in [5.74, 6) is 0.472. The number of benzene rings is 1. The maximum Gasteiger partial charge on any atom is 0.123 e. The largest absolute Gasteiger partial charge is 0.507 e. The summed E-state index contributed by atoms with van der Waals surface area (Å²) in [5.41, 5.74) is 3.33. The topological polar surface area (TPSA) is 32.3 Å². The number of phenols is 1. The van der Waals surface area contributed by atoms with Crippen molar-refractivity contribution in [1.29, 1.82) is 0 Å². The molecule has 0 heterocycles. The third kappa shape index (κ3) is 5.03. The van der Waals surface area contributed by atoms with Gasteiger partial charge in [-0.05, 0) is 53.5 Å². The van der Waals surface area contributed by atoms with E-state index >= 15 is 0 Å². The highest BCUT2D eigenvalue weighted by atomic mass is 16.3. The van der Waals surface area contributed by atoms with Crippen molar-refractivity contribution in [3.05, 3.63) is 28.8 Å². The van der Waals surface area contributed by atoms with Crippen LogP contribution in [-0.4, -0.2) is 18.2 Å². The Balaban J connectivity index is 3.15. The molecule has 0 radical (unpaired) electrons. The molecule has 2 N–H and O–H groups in total. The lowest BCUT2D eigenvalue weighted by molar-refractivity contribution is 0.422. The predicted molar refractivity (Wildman–Crippen MR) is 92.4 cm³/mol. The summed E-state index contributed by atoms with van der Waals surface area (Å²) in [6, 6.07) is 4.36. The molecule has 0 unspecified atom stereocenters. The zero-order chi connectivity index (χ0) is 16.3. The monoisotopic (exact) mass is 291 g/mol. The van der Waals surface area contributed by atoms with Crippen molar-refractivity contribution >= 4 is 0 Å². The summed E-state index contributed by atoms with van der Waals surface area (Å²) in [5, 5.41) is 14.1. The second-order valence-electron chi connectivity index (χ2n) is 8.04. The van der Waals surface area contributed by atoms with E-state index in [0.29, 0.717) is 5.75 Å².